The summed E-state index contributed by atoms with van der Waals surface area (Å²) in [6.07, 6.45) is 6.03. The predicted octanol–water partition coefficient (Wildman–Crippen LogP) is 3.11. The van der Waals surface area contributed by atoms with Crippen molar-refractivity contribution in [3.8, 4) is 0 Å². The number of allylic oxidation sites excluding steroid dienone is 3. The van der Waals surface area contributed by atoms with E-state index < -0.39 is 0 Å². The van der Waals surface area contributed by atoms with Crippen molar-refractivity contribution in [1.29, 1.82) is 0 Å². The molecule has 0 amide bonds. The average molecular weight is 153 g/mol. The van der Waals surface area contributed by atoms with Gasteiger partial charge in [0.25, 0.3) is 0 Å². The molecule has 1 heteroatoms. The molecule has 0 saturated heterocycles. The highest BCUT2D eigenvalue weighted by molar-refractivity contribution is 5.01. The minimum atomic E-state index is -0.0827. The maximum absolute atomic E-state index is 10.1. The lowest BCUT2D eigenvalue weighted by atomic mass is 10.1. The van der Waals surface area contributed by atoms with Gasteiger partial charge in [-0.15, -0.1) is 0 Å². The Morgan fingerprint density at radius 1 is 1.18 bits per heavy atom. The molecule has 0 rings (SSSR count). The van der Waals surface area contributed by atoms with Crippen LogP contribution in [0.2, 0.25) is 0 Å². The summed E-state index contributed by atoms with van der Waals surface area (Å²) in [5.41, 5.74) is 2.55. The first-order valence-electron chi connectivity index (χ1n) is 4.04. The van der Waals surface area contributed by atoms with Crippen LogP contribution < -0.4 is 0 Å². The topological polar surface area (TPSA) is 19.9 Å². The highest BCUT2D eigenvalue weighted by Crippen LogP contribution is 2.05. The van der Waals surface area contributed by atoms with Crippen molar-refractivity contribution in [3.05, 3.63) is 23.3 Å². The molecule has 0 bridgehead atoms. The first kappa shape index (κ1) is 10.4. The van der Waals surface area contributed by atoms with Gasteiger partial charge in [-0.25, -0.2) is 5.11 Å². The van der Waals surface area contributed by atoms with Crippen molar-refractivity contribution in [3.63, 3.8) is 0 Å². The lowest BCUT2D eigenvalue weighted by Gasteiger charge is -1.96. The van der Waals surface area contributed by atoms with E-state index in [1.807, 2.05) is 6.92 Å². The molecular formula is C10H17O. The average Bonchev–Trinajstić information content (AvgIpc) is 1.87. The molecule has 0 fully saturated rings. The van der Waals surface area contributed by atoms with E-state index in [-0.39, 0.29) is 6.61 Å². The van der Waals surface area contributed by atoms with Gasteiger partial charge in [-0.1, -0.05) is 23.3 Å². The third kappa shape index (κ3) is 7.34. The summed E-state index contributed by atoms with van der Waals surface area (Å²) in [6, 6.07) is 0. The Bertz CT molecular complexity index is 150. The minimum Gasteiger partial charge on any atom is -0.232 e. The fourth-order valence-corrected chi connectivity index (χ4v) is 0.833. The van der Waals surface area contributed by atoms with Gasteiger partial charge in [0, 0.05) is 0 Å². The van der Waals surface area contributed by atoms with E-state index in [0.29, 0.717) is 0 Å². The van der Waals surface area contributed by atoms with E-state index in [4.69, 9.17) is 0 Å². The Labute approximate surface area is 69.4 Å². The molecule has 0 aliphatic heterocycles. The molecule has 0 heterocycles. The Morgan fingerprint density at radius 2 is 1.82 bits per heavy atom. The summed E-state index contributed by atoms with van der Waals surface area (Å²) in [5, 5.41) is 10.1. The second-order valence-electron chi connectivity index (χ2n) is 3.04. The van der Waals surface area contributed by atoms with Crippen molar-refractivity contribution in [2.75, 3.05) is 6.61 Å². The molecule has 0 aliphatic carbocycles. The first-order valence-corrected chi connectivity index (χ1v) is 4.04. The largest absolute Gasteiger partial charge is 0.232 e. The predicted molar refractivity (Wildman–Crippen MR) is 48.0 cm³/mol. The highest BCUT2D eigenvalue weighted by atomic mass is 16.2. The first-order chi connectivity index (χ1) is 5.16. The molecule has 0 unspecified atom stereocenters. The van der Waals surface area contributed by atoms with Crippen LogP contribution in [0.5, 0.6) is 0 Å². The van der Waals surface area contributed by atoms with Gasteiger partial charge in [0.1, 0.15) is 6.61 Å². The summed E-state index contributed by atoms with van der Waals surface area (Å²) in [4.78, 5) is 0. The van der Waals surface area contributed by atoms with Gasteiger partial charge in [0.05, 0.1) is 0 Å². The zero-order valence-electron chi connectivity index (χ0n) is 7.68. The van der Waals surface area contributed by atoms with Crippen molar-refractivity contribution in [2.45, 2.75) is 33.6 Å². The highest BCUT2D eigenvalue weighted by Gasteiger charge is 1.87. The van der Waals surface area contributed by atoms with Gasteiger partial charge < -0.3 is 0 Å². The normalized spacial score (nSPS) is 11.5. The molecule has 1 nitrogen and oxygen atoms in total. The van der Waals surface area contributed by atoms with Crippen LogP contribution in [0.1, 0.15) is 33.6 Å². The van der Waals surface area contributed by atoms with Crippen LogP contribution in [0.3, 0.4) is 0 Å². The van der Waals surface area contributed by atoms with Crippen molar-refractivity contribution >= 4 is 0 Å². The Morgan fingerprint density at radius 3 is 2.27 bits per heavy atom. The number of hydrogen-bond acceptors (Lipinski definition) is 0. The van der Waals surface area contributed by atoms with Gasteiger partial charge in [-0.3, -0.25) is 0 Å². The Hall–Kier alpha value is -0.560. The smallest absolute Gasteiger partial charge is 0.101 e. The van der Waals surface area contributed by atoms with Crippen molar-refractivity contribution < 1.29 is 5.11 Å². The molecule has 0 atom stereocenters. The van der Waals surface area contributed by atoms with Crippen LogP contribution in [0.15, 0.2) is 23.3 Å². The second-order valence-corrected chi connectivity index (χ2v) is 3.04. The van der Waals surface area contributed by atoms with Gasteiger partial charge in [0.15, 0.2) is 0 Å². The van der Waals surface area contributed by atoms with Gasteiger partial charge >= 0.3 is 0 Å². The molecule has 0 saturated carbocycles. The van der Waals surface area contributed by atoms with E-state index in [9.17, 15) is 5.11 Å². The van der Waals surface area contributed by atoms with Crippen LogP contribution in [0, 0.1) is 0 Å². The van der Waals surface area contributed by atoms with Crippen LogP contribution >= 0.6 is 0 Å². The zero-order valence-corrected chi connectivity index (χ0v) is 7.68. The van der Waals surface area contributed by atoms with E-state index in [1.165, 1.54) is 11.1 Å². The minimum absolute atomic E-state index is 0.0827. The maximum atomic E-state index is 10.1. The summed E-state index contributed by atoms with van der Waals surface area (Å²) < 4.78 is 0. The summed E-state index contributed by atoms with van der Waals surface area (Å²) >= 11 is 0. The molecule has 0 aromatic rings. The van der Waals surface area contributed by atoms with E-state index in [2.05, 4.69) is 19.9 Å². The summed E-state index contributed by atoms with van der Waals surface area (Å²) in [6.45, 7) is 6.11. The van der Waals surface area contributed by atoms with E-state index >= 15 is 0 Å². The van der Waals surface area contributed by atoms with Crippen LogP contribution in [0.4, 0.5) is 0 Å². The molecular weight excluding hydrogens is 136 g/mol. The van der Waals surface area contributed by atoms with Gasteiger partial charge in [0.2, 0.25) is 0 Å². The van der Waals surface area contributed by atoms with Crippen molar-refractivity contribution in [2.24, 2.45) is 0 Å². The molecule has 63 valence electrons. The number of hydrogen-bond donors (Lipinski definition) is 0. The zero-order chi connectivity index (χ0) is 8.69. The maximum Gasteiger partial charge on any atom is 0.101 e. The van der Waals surface area contributed by atoms with Crippen LogP contribution in [0.25, 0.3) is 0 Å². The Kier molecular flexibility index (Phi) is 5.86. The summed E-state index contributed by atoms with van der Waals surface area (Å²) in [5.74, 6) is 0. The third-order valence-corrected chi connectivity index (χ3v) is 1.52. The fourth-order valence-electron chi connectivity index (χ4n) is 0.833. The lowest BCUT2D eigenvalue weighted by molar-refractivity contribution is 0.231. The molecule has 0 aliphatic rings. The quantitative estimate of drug-likeness (QED) is 0.553. The van der Waals surface area contributed by atoms with Crippen molar-refractivity contribution in [1.82, 2.24) is 0 Å². The van der Waals surface area contributed by atoms with Gasteiger partial charge in [-0.2, -0.15) is 0 Å². The van der Waals surface area contributed by atoms with E-state index in [1.54, 1.807) is 6.08 Å². The molecule has 1 radical (unpaired) electrons. The molecule has 0 N–H and O–H groups in total. The summed E-state index contributed by atoms with van der Waals surface area (Å²) in [7, 11) is 0. The van der Waals surface area contributed by atoms with Crippen LogP contribution in [-0.4, -0.2) is 6.61 Å². The molecule has 11 heavy (non-hydrogen) atoms. The fraction of sp³-hybridized carbons (Fsp3) is 0.600. The standard InChI is InChI=1S/C10H17O/c1-9(2)5-4-6-10(3)7-8-11/h5,7H,4,6,8H2,1-3H3. The molecule has 0 aromatic heterocycles. The monoisotopic (exact) mass is 153 g/mol. The molecule has 0 aromatic carbocycles. The second kappa shape index (κ2) is 6.17. The Balaban J connectivity index is 3.54. The van der Waals surface area contributed by atoms with E-state index in [0.717, 1.165) is 12.8 Å². The molecule has 0 spiro atoms. The number of rotatable bonds is 4. The SMILES string of the molecule is CC(C)=CCCC(C)=CC[O]. The van der Waals surface area contributed by atoms with Crippen LogP contribution in [-0.2, 0) is 5.11 Å². The third-order valence-electron chi connectivity index (χ3n) is 1.52. The lowest BCUT2D eigenvalue weighted by Crippen LogP contribution is -1.79. The van der Waals surface area contributed by atoms with Gasteiger partial charge in [-0.05, 0) is 33.6 Å².